The van der Waals surface area contributed by atoms with E-state index in [9.17, 15) is 4.79 Å². The lowest BCUT2D eigenvalue weighted by atomic mass is 9.95. The zero-order chi connectivity index (χ0) is 19.1. The molecule has 144 valence electrons. The number of rotatable bonds is 8. The summed E-state index contributed by atoms with van der Waals surface area (Å²) >= 11 is 0. The third-order valence-electron chi connectivity index (χ3n) is 4.88. The number of nitrogens with zero attached hydrogens (tertiary/aromatic N) is 1. The largest absolute Gasteiger partial charge is 0.494 e. The van der Waals surface area contributed by atoms with Gasteiger partial charge in [-0.3, -0.25) is 9.69 Å². The van der Waals surface area contributed by atoms with Gasteiger partial charge in [0, 0.05) is 18.7 Å². The van der Waals surface area contributed by atoms with Crippen LogP contribution >= 0.6 is 0 Å². The van der Waals surface area contributed by atoms with Crippen LogP contribution in [0.4, 0.5) is 0 Å². The second-order valence-electron chi connectivity index (χ2n) is 7.38. The molecular formula is C23H29NO3. The third kappa shape index (κ3) is 5.41. The highest BCUT2D eigenvalue weighted by molar-refractivity contribution is 6.00. The lowest BCUT2D eigenvalue weighted by Crippen LogP contribution is -2.42. The summed E-state index contributed by atoms with van der Waals surface area (Å²) in [5.41, 5.74) is 1.74. The summed E-state index contributed by atoms with van der Waals surface area (Å²) < 4.78 is 11.2. The van der Waals surface area contributed by atoms with Crippen molar-refractivity contribution >= 4 is 5.78 Å². The number of carbonyl (C=O) groups excluding carboxylic acids is 1. The van der Waals surface area contributed by atoms with Gasteiger partial charge in [0.15, 0.2) is 5.78 Å². The van der Waals surface area contributed by atoms with Crippen molar-refractivity contribution < 1.29 is 14.3 Å². The molecule has 27 heavy (non-hydrogen) atoms. The van der Waals surface area contributed by atoms with E-state index >= 15 is 0 Å². The lowest BCUT2D eigenvalue weighted by molar-refractivity contribution is 0.0172. The van der Waals surface area contributed by atoms with Crippen LogP contribution in [0.5, 0.6) is 5.75 Å². The fraction of sp³-hybridized carbons (Fsp3) is 0.435. The predicted molar refractivity (Wildman–Crippen MR) is 107 cm³/mol. The molecule has 1 aliphatic heterocycles. The zero-order valence-corrected chi connectivity index (χ0v) is 16.3. The molecule has 0 N–H and O–H groups in total. The molecule has 1 saturated heterocycles. The van der Waals surface area contributed by atoms with Gasteiger partial charge in [0.1, 0.15) is 5.75 Å². The van der Waals surface area contributed by atoms with Gasteiger partial charge in [-0.15, -0.1) is 0 Å². The Labute approximate surface area is 162 Å². The number of ether oxygens (including phenoxy) is 2. The molecule has 0 spiro atoms. The minimum atomic E-state index is -0.275. The molecule has 0 radical (unpaired) electrons. The van der Waals surface area contributed by atoms with E-state index in [-0.39, 0.29) is 11.8 Å². The van der Waals surface area contributed by atoms with Crippen molar-refractivity contribution in [1.82, 2.24) is 4.90 Å². The second-order valence-corrected chi connectivity index (χ2v) is 7.38. The monoisotopic (exact) mass is 367 g/mol. The Balaban J connectivity index is 1.75. The molecule has 2 aromatic rings. The molecule has 1 heterocycles. The van der Waals surface area contributed by atoms with Crippen molar-refractivity contribution in [2.45, 2.75) is 26.3 Å². The van der Waals surface area contributed by atoms with Crippen LogP contribution in [0, 0.1) is 5.92 Å². The van der Waals surface area contributed by atoms with Crippen LogP contribution in [-0.2, 0) is 4.74 Å². The van der Waals surface area contributed by atoms with Crippen LogP contribution in [0.1, 0.15) is 42.2 Å². The number of Topliss-reactive ketones (excluding diaryl/α,β-unsaturated/α-hetero) is 1. The van der Waals surface area contributed by atoms with Crippen molar-refractivity contribution in [3.8, 4) is 5.75 Å². The van der Waals surface area contributed by atoms with E-state index in [1.54, 1.807) is 0 Å². The van der Waals surface area contributed by atoms with Gasteiger partial charge in [0.2, 0.25) is 0 Å². The van der Waals surface area contributed by atoms with Gasteiger partial charge in [-0.25, -0.2) is 0 Å². The molecule has 4 nitrogen and oxygen atoms in total. The van der Waals surface area contributed by atoms with E-state index < -0.39 is 0 Å². The maximum absolute atomic E-state index is 13.3. The van der Waals surface area contributed by atoms with Crippen molar-refractivity contribution in [3.63, 3.8) is 0 Å². The van der Waals surface area contributed by atoms with Gasteiger partial charge >= 0.3 is 0 Å². The first-order valence-electron chi connectivity index (χ1n) is 9.79. The Kier molecular flexibility index (Phi) is 7.02. The Morgan fingerprint density at radius 3 is 2.33 bits per heavy atom. The number of hydrogen-bond donors (Lipinski definition) is 0. The molecular weight excluding hydrogens is 338 g/mol. The normalized spacial score (nSPS) is 16.3. The van der Waals surface area contributed by atoms with Crippen LogP contribution < -0.4 is 4.74 Å². The topological polar surface area (TPSA) is 38.8 Å². The lowest BCUT2D eigenvalue weighted by Gasteiger charge is -2.33. The fourth-order valence-electron chi connectivity index (χ4n) is 3.28. The summed E-state index contributed by atoms with van der Waals surface area (Å²) in [5.74, 6) is 1.55. The molecule has 0 amide bonds. The van der Waals surface area contributed by atoms with Gasteiger partial charge in [-0.05, 0) is 42.2 Å². The summed E-state index contributed by atoms with van der Waals surface area (Å²) in [6.07, 6.45) is 1.02. The standard InChI is InChI=1S/C23H29NO3/c1-18(2)12-15-27-21-10-8-20(9-11-21)23(25)22(19-6-4-3-5-7-19)24-13-16-26-17-14-24/h3-11,18,22H,12-17H2,1-2H3. The van der Waals surface area contributed by atoms with E-state index in [4.69, 9.17) is 9.47 Å². The Hall–Kier alpha value is -2.17. The molecule has 1 fully saturated rings. The predicted octanol–water partition coefficient (Wildman–Crippen LogP) is 4.37. The Morgan fingerprint density at radius 1 is 1.04 bits per heavy atom. The molecule has 0 aromatic heterocycles. The van der Waals surface area contributed by atoms with Gasteiger partial charge in [-0.2, -0.15) is 0 Å². The van der Waals surface area contributed by atoms with Gasteiger partial charge in [0.25, 0.3) is 0 Å². The zero-order valence-electron chi connectivity index (χ0n) is 16.3. The molecule has 2 aromatic carbocycles. The summed E-state index contributed by atoms with van der Waals surface area (Å²) in [5, 5.41) is 0. The summed E-state index contributed by atoms with van der Waals surface area (Å²) in [6.45, 7) is 7.92. The number of ketones is 1. The van der Waals surface area contributed by atoms with Gasteiger partial charge < -0.3 is 9.47 Å². The first-order valence-corrected chi connectivity index (χ1v) is 9.79. The van der Waals surface area contributed by atoms with Crippen molar-refractivity contribution in [2.75, 3.05) is 32.9 Å². The number of morpholine rings is 1. The van der Waals surface area contributed by atoms with Crippen LogP contribution in [0.2, 0.25) is 0 Å². The summed E-state index contributed by atoms with van der Waals surface area (Å²) in [7, 11) is 0. The van der Waals surface area contributed by atoms with Crippen molar-refractivity contribution in [1.29, 1.82) is 0 Å². The van der Waals surface area contributed by atoms with Crippen molar-refractivity contribution in [3.05, 3.63) is 65.7 Å². The fourth-order valence-corrected chi connectivity index (χ4v) is 3.28. The molecule has 1 atom stereocenters. The number of hydrogen-bond acceptors (Lipinski definition) is 4. The number of benzene rings is 2. The molecule has 0 aliphatic carbocycles. The first kappa shape index (κ1) is 19.6. The van der Waals surface area contributed by atoms with Crippen LogP contribution in [0.15, 0.2) is 54.6 Å². The van der Waals surface area contributed by atoms with Gasteiger partial charge in [0.05, 0.1) is 25.9 Å². The molecule has 4 heteroatoms. The molecule has 3 rings (SSSR count). The summed E-state index contributed by atoms with van der Waals surface area (Å²) in [4.78, 5) is 15.6. The number of carbonyl (C=O) groups is 1. The van der Waals surface area contributed by atoms with Gasteiger partial charge in [-0.1, -0.05) is 44.2 Å². The smallest absolute Gasteiger partial charge is 0.184 e. The minimum Gasteiger partial charge on any atom is -0.494 e. The summed E-state index contributed by atoms with van der Waals surface area (Å²) in [6, 6.07) is 17.3. The molecule has 0 bridgehead atoms. The van der Waals surface area contributed by atoms with Crippen molar-refractivity contribution in [2.24, 2.45) is 5.92 Å². The van der Waals surface area contributed by atoms with Crippen LogP contribution in [0.25, 0.3) is 0 Å². The first-order chi connectivity index (χ1) is 13.1. The Bertz CT molecular complexity index is 706. The maximum Gasteiger partial charge on any atom is 0.184 e. The highest BCUT2D eigenvalue weighted by Gasteiger charge is 2.29. The highest BCUT2D eigenvalue weighted by Crippen LogP contribution is 2.27. The molecule has 0 saturated carbocycles. The third-order valence-corrected chi connectivity index (χ3v) is 4.88. The van der Waals surface area contributed by atoms with E-state index in [1.807, 2.05) is 54.6 Å². The maximum atomic E-state index is 13.3. The minimum absolute atomic E-state index is 0.122. The average molecular weight is 367 g/mol. The van der Waals surface area contributed by atoms with E-state index in [0.717, 1.165) is 30.8 Å². The highest BCUT2D eigenvalue weighted by atomic mass is 16.5. The SMILES string of the molecule is CC(C)CCOc1ccc(C(=O)C(c2ccccc2)N2CCOCC2)cc1. The molecule has 1 unspecified atom stereocenters. The quantitative estimate of drug-likeness (QED) is 0.650. The second kappa shape index (κ2) is 9.67. The van der Waals surface area contributed by atoms with Crippen LogP contribution in [0.3, 0.4) is 0 Å². The molecule has 1 aliphatic rings. The van der Waals surface area contributed by atoms with Crippen LogP contribution in [-0.4, -0.2) is 43.6 Å². The van der Waals surface area contributed by atoms with E-state index in [1.165, 1.54) is 0 Å². The van der Waals surface area contributed by atoms with E-state index in [0.29, 0.717) is 31.3 Å². The Morgan fingerprint density at radius 2 is 1.70 bits per heavy atom. The average Bonchev–Trinajstić information content (AvgIpc) is 2.70. The van der Waals surface area contributed by atoms with E-state index in [2.05, 4.69) is 18.7 Å².